The van der Waals surface area contributed by atoms with Gasteiger partial charge in [-0.1, -0.05) is 42.5 Å². The molecular formula is C28H29N3O4S. The van der Waals surface area contributed by atoms with Crippen molar-refractivity contribution in [3.63, 3.8) is 0 Å². The molecule has 0 unspecified atom stereocenters. The van der Waals surface area contributed by atoms with Gasteiger partial charge in [0.15, 0.2) is 0 Å². The first-order valence-electron chi connectivity index (χ1n) is 12.0. The second kappa shape index (κ2) is 11.4. The number of hydrogen-bond donors (Lipinski definition) is 1. The molecule has 0 bridgehead atoms. The standard InChI is InChI=1S/C28H29N3O4S/c1-21(30-36(33,34)26-11-6-3-7-12-26)17-22-18-24-13-15-31(27(24)25(19-22)20-29)14-8-16-35-28(32)23-9-4-2-5-10-23/h2-7,9-12,18-19,21,30H,8,13-17H2,1H3/t21-/m1/s1. The van der Waals surface area contributed by atoms with Gasteiger partial charge in [0.25, 0.3) is 0 Å². The van der Waals surface area contributed by atoms with Crippen molar-refractivity contribution in [1.82, 2.24) is 4.72 Å². The van der Waals surface area contributed by atoms with Crippen LogP contribution in [0.2, 0.25) is 0 Å². The Hall–Kier alpha value is -3.67. The lowest BCUT2D eigenvalue weighted by atomic mass is 9.99. The summed E-state index contributed by atoms with van der Waals surface area (Å²) in [7, 11) is -3.61. The second-order valence-electron chi connectivity index (χ2n) is 8.89. The van der Waals surface area contributed by atoms with E-state index in [9.17, 15) is 18.5 Å². The minimum Gasteiger partial charge on any atom is -0.462 e. The smallest absolute Gasteiger partial charge is 0.338 e. The van der Waals surface area contributed by atoms with Crippen molar-refractivity contribution in [2.24, 2.45) is 0 Å². The molecule has 7 nitrogen and oxygen atoms in total. The molecule has 3 aromatic rings. The fraction of sp³-hybridized carbons (Fsp3) is 0.286. The fourth-order valence-electron chi connectivity index (χ4n) is 4.52. The van der Waals surface area contributed by atoms with Crippen molar-refractivity contribution in [2.75, 3.05) is 24.6 Å². The van der Waals surface area contributed by atoms with Gasteiger partial charge in [0, 0.05) is 19.1 Å². The lowest BCUT2D eigenvalue weighted by molar-refractivity contribution is 0.0502. The van der Waals surface area contributed by atoms with Crippen LogP contribution in [0.25, 0.3) is 0 Å². The van der Waals surface area contributed by atoms with Gasteiger partial charge in [-0.05, 0) is 67.6 Å². The van der Waals surface area contributed by atoms with E-state index < -0.39 is 10.0 Å². The zero-order chi connectivity index (χ0) is 25.5. The van der Waals surface area contributed by atoms with Gasteiger partial charge in [0.2, 0.25) is 10.0 Å². The van der Waals surface area contributed by atoms with E-state index in [0.717, 1.165) is 29.8 Å². The average Bonchev–Trinajstić information content (AvgIpc) is 3.29. The quantitative estimate of drug-likeness (QED) is 0.331. The lowest BCUT2D eigenvalue weighted by Gasteiger charge is -2.21. The first kappa shape index (κ1) is 25.4. The average molecular weight is 504 g/mol. The molecule has 4 rings (SSSR count). The van der Waals surface area contributed by atoms with Gasteiger partial charge in [-0.15, -0.1) is 0 Å². The Kier molecular flexibility index (Phi) is 8.04. The SMILES string of the molecule is C[C@H](Cc1cc(C#N)c2c(c1)CCN2CCCOC(=O)c1ccccc1)NS(=O)(=O)c1ccccc1. The Morgan fingerprint density at radius 1 is 1.11 bits per heavy atom. The molecule has 0 amide bonds. The largest absolute Gasteiger partial charge is 0.462 e. The summed E-state index contributed by atoms with van der Waals surface area (Å²) in [6, 6.07) is 23.1. The highest BCUT2D eigenvalue weighted by Gasteiger charge is 2.24. The van der Waals surface area contributed by atoms with E-state index in [1.165, 1.54) is 0 Å². The first-order chi connectivity index (χ1) is 17.4. The Bertz CT molecular complexity index is 1350. The number of nitrogens with one attached hydrogen (secondary N) is 1. The molecule has 1 aliphatic rings. The highest BCUT2D eigenvalue weighted by molar-refractivity contribution is 7.89. The monoisotopic (exact) mass is 503 g/mol. The lowest BCUT2D eigenvalue weighted by Crippen LogP contribution is -2.34. The zero-order valence-corrected chi connectivity index (χ0v) is 21.0. The maximum Gasteiger partial charge on any atom is 0.338 e. The Balaban J connectivity index is 1.36. The molecule has 0 saturated carbocycles. The molecule has 1 N–H and O–H groups in total. The van der Waals surface area contributed by atoms with E-state index in [1.807, 2.05) is 19.1 Å². The molecule has 0 fully saturated rings. The topological polar surface area (TPSA) is 99.5 Å². The van der Waals surface area contributed by atoms with Gasteiger partial charge in [-0.3, -0.25) is 0 Å². The normalized spacial score (nSPS) is 13.6. The summed E-state index contributed by atoms with van der Waals surface area (Å²) >= 11 is 0. The number of esters is 1. The summed E-state index contributed by atoms with van der Waals surface area (Å²) < 4.78 is 33.4. The fourth-order valence-corrected chi connectivity index (χ4v) is 5.79. The van der Waals surface area contributed by atoms with E-state index in [-0.39, 0.29) is 16.9 Å². The molecule has 36 heavy (non-hydrogen) atoms. The highest BCUT2D eigenvalue weighted by Crippen LogP contribution is 2.33. The second-order valence-corrected chi connectivity index (χ2v) is 10.6. The summed E-state index contributed by atoms with van der Waals surface area (Å²) in [6.07, 6.45) is 1.94. The van der Waals surface area contributed by atoms with Gasteiger partial charge in [0.05, 0.1) is 28.3 Å². The van der Waals surface area contributed by atoms with Crippen molar-refractivity contribution < 1.29 is 17.9 Å². The van der Waals surface area contributed by atoms with Crippen LogP contribution in [0.4, 0.5) is 5.69 Å². The van der Waals surface area contributed by atoms with Crippen LogP contribution in [0.3, 0.4) is 0 Å². The van der Waals surface area contributed by atoms with E-state index in [4.69, 9.17) is 4.74 Å². The molecule has 0 aliphatic carbocycles. The number of ether oxygens (including phenoxy) is 1. The van der Waals surface area contributed by atoms with Crippen LogP contribution in [-0.4, -0.2) is 40.1 Å². The highest BCUT2D eigenvalue weighted by atomic mass is 32.2. The summed E-state index contributed by atoms with van der Waals surface area (Å²) in [4.78, 5) is 14.5. The molecule has 1 heterocycles. The third-order valence-corrected chi connectivity index (χ3v) is 7.71. The van der Waals surface area contributed by atoms with Gasteiger partial charge < -0.3 is 9.64 Å². The molecule has 3 aromatic carbocycles. The maximum atomic E-state index is 12.6. The van der Waals surface area contributed by atoms with Crippen LogP contribution in [0, 0.1) is 11.3 Å². The molecule has 0 aromatic heterocycles. The van der Waals surface area contributed by atoms with Crippen LogP contribution in [0.15, 0.2) is 77.7 Å². The van der Waals surface area contributed by atoms with Crippen molar-refractivity contribution in [2.45, 2.75) is 37.1 Å². The first-order valence-corrected chi connectivity index (χ1v) is 13.5. The van der Waals surface area contributed by atoms with Crippen LogP contribution in [0.1, 0.15) is 40.4 Å². The van der Waals surface area contributed by atoms with Crippen molar-refractivity contribution in [1.29, 1.82) is 5.26 Å². The van der Waals surface area contributed by atoms with E-state index in [1.54, 1.807) is 54.6 Å². The van der Waals surface area contributed by atoms with Gasteiger partial charge in [0.1, 0.15) is 6.07 Å². The van der Waals surface area contributed by atoms with Crippen molar-refractivity contribution >= 4 is 21.7 Å². The Morgan fingerprint density at radius 2 is 1.81 bits per heavy atom. The zero-order valence-electron chi connectivity index (χ0n) is 20.2. The number of nitrogens with zero attached hydrogens (tertiary/aromatic N) is 2. The molecule has 0 spiro atoms. The van der Waals surface area contributed by atoms with Crippen LogP contribution >= 0.6 is 0 Å². The summed E-state index contributed by atoms with van der Waals surface area (Å²) in [6.45, 7) is 3.59. The Morgan fingerprint density at radius 3 is 2.50 bits per heavy atom. The number of hydrogen-bond acceptors (Lipinski definition) is 6. The summed E-state index contributed by atoms with van der Waals surface area (Å²) in [5.74, 6) is -0.336. The van der Waals surface area contributed by atoms with Crippen LogP contribution in [-0.2, 0) is 27.6 Å². The molecule has 8 heteroatoms. The predicted octanol–water partition coefficient (Wildman–Crippen LogP) is 4.08. The molecule has 0 radical (unpaired) electrons. The third-order valence-electron chi connectivity index (χ3n) is 6.10. The minimum absolute atomic E-state index is 0.230. The molecule has 1 atom stereocenters. The minimum atomic E-state index is -3.61. The predicted molar refractivity (Wildman–Crippen MR) is 138 cm³/mol. The third kappa shape index (κ3) is 6.11. The number of fused-ring (bicyclic) bond motifs is 1. The number of sulfonamides is 1. The molecular weight excluding hydrogens is 474 g/mol. The summed E-state index contributed by atoms with van der Waals surface area (Å²) in [5, 5.41) is 9.83. The van der Waals surface area contributed by atoms with Crippen molar-refractivity contribution in [3.05, 3.63) is 95.1 Å². The molecule has 0 saturated heterocycles. The summed E-state index contributed by atoms with van der Waals surface area (Å²) in [5.41, 5.74) is 4.05. The van der Waals surface area contributed by atoms with Crippen LogP contribution < -0.4 is 9.62 Å². The number of carbonyl (C=O) groups excluding carboxylic acids is 1. The number of benzene rings is 3. The van der Waals surface area contributed by atoms with E-state index in [2.05, 4.69) is 21.8 Å². The molecule has 1 aliphatic heterocycles. The van der Waals surface area contributed by atoms with Gasteiger partial charge >= 0.3 is 5.97 Å². The van der Waals surface area contributed by atoms with Crippen molar-refractivity contribution in [3.8, 4) is 6.07 Å². The molecule has 186 valence electrons. The number of nitriles is 1. The van der Waals surface area contributed by atoms with E-state index >= 15 is 0 Å². The van der Waals surface area contributed by atoms with E-state index in [0.29, 0.717) is 37.1 Å². The van der Waals surface area contributed by atoms with Gasteiger partial charge in [-0.2, -0.15) is 5.26 Å². The van der Waals surface area contributed by atoms with Crippen LogP contribution in [0.5, 0.6) is 0 Å². The maximum absolute atomic E-state index is 12.6. The number of carbonyl (C=O) groups is 1. The van der Waals surface area contributed by atoms with Gasteiger partial charge in [-0.25, -0.2) is 17.9 Å². The Labute approximate surface area is 212 Å². The number of rotatable bonds is 10. The number of anilines is 1.